The van der Waals surface area contributed by atoms with Crippen molar-refractivity contribution in [1.82, 2.24) is 4.90 Å². The predicted octanol–water partition coefficient (Wildman–Crippen LogP) is 6.78. The summed E-state index contributed by atoms with van der Waals surface area (Å²) in [6, 6.07) is 8.88. The third kappa shape index (κ3) is 4.49. The molecule has 1 aliphatic heterocycles. The zero-order chi connectivity index (χ0) is 20.1. The molecule has 3 nitrogen and oxygen atoms in total. The van der Waals surface area contributed by atoms with Crippen molar-refractivity contribution >= 4 is 17.3 Å². The number of carbonyl (C=O) groups excluding carboxylic acids is 1. The summed E-state index contributed by atoms with van der Waals surface area (Å²) in [4.78, 5) is 21.1. The van der Waals surface area contributed by atoms with Gasteiger partial charge in [0.05, 0.1) is 6.04 Å². The second-order valence-corrected chi connectivity index (χ2v) is 9.02. The van der Waals surface area contributed by atoms with E-state index in [1.807, 2.05) is 12.1 Å². The quantitative estimate of drug-likeness (QED) is 0.508. The van der Waals surface area contributed by atoms with Crippen molar-refractivity contribution in [3.63, 3.8) is 0 Å². The Morgan fingerprint density at radius 2 is 1.62 bits per heavy atom. The number of aliphatic imine (C=N–C) groups is 1. The van der Waals surface area contributed by atoms with Crippen molar-refractivity contribution in [1.29, 1.82) is 0 Å². The summed E-state index contributed by atoms with van der Waals surface area (Å²) in [5, 5.41) is 0. The van der Waals surface area contributed by atoms with Crippen LogP contribution in [0.1, 0.15) is 106 Å². The van der Waals surface area contributed by atoms with E-state index in [1.165, 1.54) is 69.8 Å². The Morgan fingerprint density at radius 1 is 0.966 bits per heavy atom. The number of carbonyl (C=O) groups is 1. The highest BCUT2D eigenvalue weighted by atomic mass is 16.2. The van der Waals surface area contributed by atoms with Gasteiger partial charge in [-0.15, -0.1) is 0 Å². The molecule has 1 aromatic carbocycles. The molecule has 1 heterocycles. The van der Waals surface area contributed by atoms with E-state index in [9.17, 15) is 4.79 Å². The van der Waals surface area contributed by atoms with Gasteiger partial charge >= 0.3 is 0 Å². The van der Waals surface area contributed by atoms with Gasteiger partial charge in [0.2, 0.25) is 0 Å². The molecule has 0 aromatic heterocycles. The van der Waals surface area contributed by atoms with Crippen LogP contribution in [0, 0.1) is 0 Å². The molecule has 29 heavy (non-hydrogen) atoms. The number of allylic oxidation sites excluding steroid dienone is 1. The molecular formula is C26H36N2O. The first-order valence-electron chi connectivity index (χ1n) is 12.0. The predicted molar refractivity (Wildman–Crippen MR) is 121 cm³/mol. The smallest absolute Gasteiger partial charge is 0.260 e. The van der Waals surface area contributed by atoms with Crippen molar-refractivity contribution in [2.75, 3.05) is 0 Å². The van der Waals surface area contributed by atoms with E-state index in [0.717, 1.165) is 36.2 Å². The van der Waals surface area contributed by atoms with E-state index in [4.69, 9.17) is 4.99 Å². The standard InChI is InChI=1S/C26H36N2O/c1-2-3-6-18-23-22-17-11-12-19-24(22)26(29)28(21-15-9-5-10-16-21)25(23)27-20-13-7-4-8-14-20/h11-12,17-21H,2-10,13-16H2,1H3/b23-18+,27-25?. The van der Waals surface area contributed by atoms with Gasteiger partial charge in [0, 0.05) is 17.2 Å². The minimum atomic E-state index is 0.176. The summed E-state index contributed by atoms with van der Waals surface area (Å²) in [7, 11) is 0. The maximum atomic E-state index is 13.7. The Bertz CT molecular complexity index is 767. The number of nitrogens with zero attached hydrogens (tertiary/aromatic N) is 2. The first kappa shape index (κ1) is 20.4. The summed E-state index contributed by atoms with van der Waals surface area (Å²) in [6.45, 7) is 2.24. The minimum Gasteiger partial charge on any atom is -0.289 e. The van der Waals surface area contributed by atoms with Crippen molar-refractivity contribution in [3.8, 4) is 0 Å². The number of rotatable bonds is 5. The fraction of sp³-hybridized carbons (Fsp3) is 0.615. The number of hydrogen-bond acceptors (Lipinski definition) is 2. The molecule has 1 aromatic rings. The SMILES string of the molecule is CCCC/C=C1/C(=NC2CCCCC2)N(C2CCCCC2)C(=O)c2ccccc21. The number of hydrogen-bond donors (Lipinski definition) is 0. The number of amides is 1. The summed E-state index contributed by atoms with van der Waals surface area (Å²) in [5.41, 5.74) is 3.17. The maximum absolute atomic E-state index is 13.7. The van der Waals surface area contributed by atoms with Crippen molar-refractivity contribution in [3.05, 3.63) is 41.5 Å². The van der Waals surface area contributed by atoms with Crippen LogP contribution in [0.25, 0.3) is 5.57 Å². The lowest BCUT2D eigenvalue weighted by molar-refractivity contribution is 0.0773. The van der Waals surface area contributed by atoms with Gasteiger partial charge in [-0.25, -0.2) is 0 Å². The van der Waals surface area contributed by atoms with Crippen molar-refractivity contribution < 1.29 is 4.79 Å². The molecule has 156 valence electrons. The molecule has 0 saturated heterocycles. The highest BCUT2D eigenvalue weighted by Crippen LogP contribution is 2.36. The average molecular weight is 393 g/mol. The van der Waals surface area contributed by atoms with Crippen LogP contribution in [0.4, 0.5) is 0 Å². The number of fused-ring (bicyclic) bond motifs is 1. The molecule has 0 spiro atoms. The summed E-state index contributed by atoms with van der Waals surface area (Å²) in [6.07, 6.45) is 17.9. The Hall–Kier alpha value is -1.90. The highest BCUT2D eigenvalue weighted by Gasteiger charge is 2.38. The molecule has 1 amide bonds. The van der Waals surface area contributed by atoms with Crippen LogP contribution in [-0.2, 0) is 0 Å². The summed E-state index contributed by atoms with van der Waals surface area (Å²) >= 11 is 0. The third-order valence-electron chi connectivity index (χ3n) is 6.86. The molecule has 2 fully saturated rings. The van der Waals surface area contributed by atoms with Gasteiger partial charge in [-0.3, -0.25) is 14.7 Å². The van der Waals surface area contributed by atoms with Crippen LogP contribution >= 0.6 is 0 Å². The highest BCUT2D eigenvalue weighted by molar-refractivity contribution is 6.33. The summed E-state index contributed by atoms with van der Waals surface area (Å²) in [5.74, 6) is 1.17. The zero-order valence-electron chi connectivity index (χ0n) is 18.0. The molecule has 0 N–H and O–H groups in total. The molecule has 2 aliphatic carbocycles. The molecule has 0 bridgehead atoms. The Labute approximate surface area is 176 Å². The molecule has 0 radical (unpaired) electrons. The topological polar surface area (TPSA) is 32.7 Å². The number of benzene rings is 1. The zero-order valence-corrected chi connectivity index (χ0v) is 18.0. The largest absolute Gasteiger partial charge is 0.289 e. The molecular weight excluding hydrogens is 356 g/mol. The minimum absolute atomic E-state index is 0.176. The van der Waals surface area contributed by atoms with Gasteiger partial charge in [0.15, 0.2) is 0 Å². The maximum Gasteiger partial charge on any atom is 0.260 e. The van der Waals surface area contributed by atoms with Gasteiger partial charge in [0.25, 0.3) is 5.91 Å². The van der Waals surface area contributed by atoms with E-state index < -0.39 is 0 Å². The Balaban J connectivity index is 1.79. The molecule has 0 atom stereocenters. The lowest BCUT2D eigenvalue weighted by atomic mass is 9.87. The van der Waals surface area contributed by atoms with E-state index in [-0.39, 0.29) is 5.91 Å². The van der Waals surface area contributed by atoms with Crippen LogP contribution in [0.2, 0.25) is 0 Å². The average Bonchev–Trinajstić information content (AvgIpc) is 2.77. The van der Waals surface area contributed by atoms with Gasteiger partial charge in [-0.05, 0) is 43.7 Å². The Morgan fingerprint density at radius 3 is 2.31 bits per heavy atom. The molecule has 3 aliphatic rings. The van der Waals surface area contributed by atoms with E-state index in [1.54, 1.807) is 0 Å². The van der Waals surface area contributed by atoms with Gasteiger partial charge < -0.3 is 0 Å². The lowest BCUT2D eigenvalue weighted by Gasteiger charge is -2.40. The second-order valence-electron chi connectivity index (χ2n) is 9.02. The van der Waals surface area contributed by atoms with Gasteiger partial charge in [0.1, 0.15) is 5.84 Å². The molecule has 3 heteroatoms. The van der Waals surface area contributed by atoms with Crippen LogP contribution < -0.4 is 0 Å². The van der Waals surface area contributed by atoms with E-state index in [2.05, 4.69) is 30.0 Å². The monoisotopic (exact) mass is 392 g/mol. The first-order valence-corrected chi connectivity index (χ1v) is 12.0. The van der Waals surface area contributed by atoms with Crippen molar-refractivity contribution in [2.24, 2.45) is 4.99 Å². The normalized spacial score (nSPS) is 24.3. The summed E-state index contributed by atoms with van der Waals surface area (Å²) < 4.78 is 0. The number of amidine groups is 1. The van der Waals surface area contributed by atoms with Crippen LogP contribution in [0.15, 0.2) is 35.3 Å². The number of unbranched alkanes of at least 4 members (excludes halogenated alkanes) is 2. The fourth-order valence-corrected chi connectivity index (χ4v) is 5.23. The van der Waals surface area contributed by atoms with Crippen LogP contribution in [0.3, 0.4) is 0 Å². The van der Waals surface area contributed by atoms with Crippen LogP contribution in [-0.4, -0.2) is 28.7 Å². The van der Waals surface area contributed by atoms with E-state index >= 15 is 0 Å². The fourth-order valence-electron chi connectivity index (χ4n) is 5.23. The van der Waals surface area contributed by atoms with E-state index in [0.29, 0.717) is 12.1 Å². The molecule has 2 saturated carbocycles. The Kier molecular flexibility index (Phi) is 6.84. The van der Waals surface area contributed by atoms with Gasteiger partial charge in [-0.1, -0.05) is 82.6 Å². The lowest BCUT2D eigenvalue weighted by Crippen LogP contribution is -2.49. The van der Waals surface area contributed by atoms with Crippen molar-refractivity contribution in [2.45, 2.75) is 102 Å². The molecule has 4 rings (SSSR count). The van der Waals surface area contributed by atoms with Gasteiger partial charge in [-0.2, -0.15) is 0 Å². The van der Waals surface area contributed by atoms with Crippen LogP contribution in [0.5, 0.6) is 0 Å². The third-order valence-corrected chi connectivity index (χ3v) is 6.86. The second kappa shape index (κ2) is 9.73. The molecule has 0 unspecified atom stereocenters. The first-order chi connectivity index (χ1) is 14.3.